The summed E-state index contributed by atoms with van der Waals surface area (Å²) in [5, 5.41) is 2.57. The number of amides is 1. The van der Waals surface area contributed by atoms with E-state index in [1.165, 1.54) is 6.92 Å². The highest BCUT2D eigenvalue weighted by Crippen LogP contribution is 2.16. The van der Waals surface area contributed by atoms with E-state index in [1.807, 2.05) is 12.1 Å². The second-order valence-corrected chi connectivity index (χ2v) is 3.07. The fourth-order valence-corrected chi connectivity index (χ4v) is 1.22. The molecule has 0 aliphatic carbocycles. The van der Waals surface area contributed by atoms with E-state index >= 15 is 0 Å². The third-order valence-electron chi connectivity index (χ3n) is 1.84. The lowest BCUT2D eigenvalue weighted by Gasteiger charge is -1.96. The summed E-state index contributed by atoms with van der Waals surface area (Å²) >= 11 is 0. The van der Waals surface area contributed by atoms with E-state index in [9.17, 15) is 4.79 Å². The number of hydrogen-bond acceptors (Lipinski definition) is 3. The Labute approximate surface area is 86.6 Å². The van der Waals surface area contributed by atoms with Gasteiger partial charge in [-0.2, -0.15) is 0 Å². The average Bonchev–Trinajstić information content (AvgIpc) is 2.67. The maximum absolute atomic E-state index is 10.8. The third-order valence-corrected chi connectivity index (χ3v) is 1.84. The Morgan fingerprint density at radius 2 is 2.33 bits per heavy atom. The Balaban J connectivity index is 2.24. The van der Waals surface area contributed by atoms with Crippen molar-refractivity contribution >= 4 is 11.9 Å². The van der Waals surface area contributed by atoms with Crippen LogP contribution in [0.2, 0.25) is 0 Å². The van der Waals surface area contributed by atoms with Crippen molar-refractivity contribution in [2.45, 2.75) is 6.92 Å². The van der Waals surface area contributed by atoms with E-state index in [-0.39, 0.29) is 5.91 Å². The van der Waals surface area contributed by atoms with Crippen molar-refractivity contribution in [3.8, 4) is 11.3 Å². The molecule has 15 heavy (non-hydrogen) atoms. The van der Waals surface area contributed by atoms with Crippen LogP contribution >= 0.6 is 0 Å². The minimum absolute atomic E-state index is 0.151. The van der Waals surface area contributed by atoms with Crippen LogP contribution in [0.25, 0.3) is 11.3 Å². The van der Waals surface area contributed by atoms with Gasteiger partial charge in [0.15, 0.2) is 0 Å². The number of nitrogens with zero attached hydrogens (tertiary/aromatic N) is 2. The molecule has 0 fully saturated rings. The molecule has 0 bridgehead atoms. The lowest BCUT2D eigenvalue weighted by Crippen LogP contribution is -2.06. The predicted octanol–water partition coefficient (Wildman–Crippen LogP) is 1.43. The Kier molecular flexibility index (Phi) is 2.45. The van der Waals surface area contributed by atoms with Crippen LogP contribution in [-0.2, 0) is 4.79 Å². The van der Waals surface area contributed by atoms with E-state index in [2.05, 4.69) is 20.3 Å². The highest BCUT2D eigenvalue weighted by atomic mass is 16.1. The number of pyridine rings is 1. The van der Waals surface area contributed by atoms with E-state index in [0.717, 1.165) is 11.3 Å². The minimum atomic E-state index is -0.151. The van der Waals surface area contributed by atoms with Gasteiger partial charge in [0.25, 0.3) is 0 Å². The highest BCUT2D eigenvalue weighted by Gasteiger charge is 2.03. The van der Waals surface area contributed by atoms with Crippen LogP contribution in [0.5, 0.6) is 0 Å². The minimum Gasteiger partial charge on any atom is -0.324 e. The molecule has 5 nitrogen and oxygen atoms in total. The largest absolute Gasteiger partial charge is 0.324 e. The van der Waals surface area contributed by atoms with Crippen LogP contribution in [0, 0.1) is 0 Å². The standard InChI is InChI=1S/C10H10N4O/c1-7(15)13-10-12-6-9(14-10)8-3-2-4-11-5-8/h2-6H,1H3,(H2,12,13,14,15). The number of nitrogens with one attached hydrogen (secondary N) is 2. The first-order valence-corrected chi connectivity index (χ1v) is 4.49. The van der Waals surface area contributed by atoms with E-state index < -0.39 is 0 Å². The molecule has 2 heterocycles. The molecule has 0 aliphatic heterocycles. The molecule has 1 amide bonds. The quantitative estimate of drug-likeness (QED) is 0.773. The highest BCUT2D eigenvalue weighted by molar-refractivity contribution is 5.87. The number of rotatable bonds is 2. The van der Waals surface area contributed by atoms with Crippen LogP contribution in [0.4, 0.5) is 5.95 Å². The lowest BCUT2D eigenvalue weighted by molar-refractivity contribution is -0.114. The van der Waals surface area contributed by atoms with Crippen LogP contribution in [0.15, 0.2) is 30.7 Å². The molecule has 76 valence electrons. The summed E-state index contributed by atoms with van der Waals surface area (Å²) in [5.41, 5.74) is 1.76. The molecule has 0 aliphatic rings. The molecule has 2 N–H and O–H groups in total. The van der Waals surface area contributed by atoms with Crippen molar-refractivity contribution in [1.29, 1.82) is 0 Å². The van der Waals surface area contributed by atoms with E-state index in [1.54, 1.807) is 18.6 Å². The van der Waals surface area contributed by atoms with Gasteiger partial charge in [-0.05, 0) is 12.1 Å². The summed E-state index contributed by atoms with van der Waals surface area (Å²) in [6.07, 6.45) is 5.09. The van der Waals surface area contributed by atoms with Gasteiger partial charge in [-0.25, -0.2) is 4.98 Å². The molecule has 0 radical (unpaired) electrons. The Morgan fingerprint density at radius 3 is 3.00 bits per heavy atom. The molecule has 0 spiro atoms. The van der Waals surface area contributed by atoms with Crippen molar-refractivity contribution in [3.63, 3.8) is 0 Å². The van der Waals surface area contributed by atoms with Gasteiger partial charge >= 0.3 is 0 Å². The van der Waals surface area contributed by atoms with Crippen LogP contribution in [-0.4, -0.2) is 20.9 Å². The van der Waals surface area contributed by atoms with Gasteiger partial charge in [0.05, 0.1) is 11.9 Å². The molecule has 0 saturated carbocycles. The van der Waals surface area contributed by atoms with Crippen LogP contribution in [0.1, 0.15) is 6.92 Å². The molecule has 2 aromatic heterocycles. The molecular formula is C10H10N4O. The van der Waals surface area contributed by atoms with E-state index in [4.69, 9.17) is 0 Å². The Bertz CT molecular complexity index is 463. The summed E-state index contributed by atoms with van der Waals surface area (Å²) in [5.74, 6) is 0.295. The fraction of sp³-hybridized carbons (Fsp3) is 0.100. The molecule has 0 saturated heterocycles. The van der Waals surface area contributed by atoms with Crippen molar-refractivity contribution in [1.82, 2.24) is 15.0 Å². The third kappa shape index (κ3) is 2.19. The molecular weight excluding hydrogens is 192 g/mol. The molecule has 5 heteroatoms. The summed E-state index contributed by atoms with van der Waals surface area (Å²) in [6, 6.07) is 3.76. The maximum Gasteiger partial charge on any atom is 0.223 e. The number of carbonyl (C=O) groups excluding carboxylic acids is 1. The monoisotopic (exact) mass is 202 g/mol. The van der Waals surface area contributed by atoms with Gasteiger partial charge in [0.1, 0.15) is 0 Å². The Morgan fingerprint density at radius 1 is 1.47 bits per heavy atom. The number of aromatic amines is 1. The number of H-pyrrole nitrogens is 1. The number of aromatic nitrogens is 3. The zero-order chi connectivity index (χ0) is 10.7. The predicted molar refractivity (Wildman–Crippen MR) is 56.1 cm³/mol. The van der Waals surface area contributed by atoms with Crippen LogP contribution in [0.3, 0.4) is 0 Å². The fourth-order valence-electron chi connectivity index (χ4n) is 1.22. The first-order chi connectivity index (χ1) is 7.25. The molecule has 0 aromatic carbocycles. The maximum atomic E-state index is 10.8. The van der Waals surface area contributed by atoms with Crippen molar-refractivity contribution in [3.05, 3.63) is 30.7 Å². The first-order valence-electron chi connectivity index (χ1n) is 4.49. The van der Waals surface area contributed by atoms with Gasteiger partial charge in [-0.1, -0.05) is 0 Å². The SMILES string of the molecule is CC(=O)Nc1ncc(-c2cccnc2)[nH]1. The summed E-state index contributed by atoms with van der Waals surface area (Å²) in [7, 11) is 0. The van der Waals surface area contributed by atoms with Gasteiger partial charge in [0.2, 0.25) is 11.9 Å². The molecule has 0 atom stereocenters. The number of anilines is 1. The molecule has 0 unspecified atom stereocenters. The first kappa shape index (κ1) is 9.39. The normalized spacial score (nSPS) is 9.93. The smallest absolute Gasteiger partial charge is 0.223 e. The lowest BCUT2D eigenvalue weighted by atomic mass is 10.2. The number of carbonyl (C=O) groups is 1. The summed E-state index contributed by atoms with van der Waals surface area (Å²) in [4.78, 5) is 21.8. The average molecular weight is 202 g/mol. The second-order valence-electron chi connectivity index (χ2n) is 3.07. The Hall–Kier alpha value is -2.17. The summed E-state index contributed by atoms with van der Waals surface area (Å²) in [6.45, 7) is 1.44. The van der Waals surface area contributed by atoms with Gasteiger partial charge in [0, 0.05) is 24.9 Å². The topological polar surface area (TPSA) is 70.7 Å². The van der Waals surface area contributed by atoms with E-state index in [0.29, 0.717) is 5.95 Å². The molecule has 2 rings (SSSR count). The number of imidazole rings is 1. The van der Waals surface area contributed by atoms with Gasteiger partial charge in [-0.15, -0.1) is 0 Å². The van der Waals surface area contributed by atoms with Crippen molar-refractivity contribution in [2.24, 2.45) is 0 Å². The zero-order valence-electron chi connectivity index (χ0n) is 8.19. The summed E-state index contributed by atoms with van der Waals surface area (Å²) < 4.78 is 0. The van der Waals surface area contributed by atoms with Gasteiger partial charge in [-0.3, -0.25) is 15.1 Å². The van der Waals surface area contributed by atoms with Crippen molar-refractivity contribution < 1.29 is 4.79 Å². The number of hydrogen-bond donors (Lipinski definition) is 2. The van der Waals surface area contributed by atoms with Crippen molar-refractivity contribution in [2.75, 3.05) is 5.32 Å². The zero-order valence-corrected chi connectivity index (χ0v) is 8.19. The van der Waals surface area contributed by atoms with Crippen LogP contribution < -0.4 is 5.32 Å². The van der Waals surface area contributed by atoms with Gasteiger partial charge < -0.3 is 4.98 Å². The molecule has 2 aromatic rings. The second kappa shape index (κ2) is 3.91.